The zero-order valence-corrected chi connectivity index (χ0v) is 24.5. The van der Waals surface area contributed by atoms with Gasteiger partial charge in [0.2, 0.25) is 5.91 Å². The molecule has 0 radical (unpaired) electrons. The molecule has 2 atom stereocenters. The molecule has 0 bridgehead atoms. The first-order valence-electron chi connectivity index (χ1n) is 13.8. The van der Waals surface area contributed by atoms with Crippen molar-refractivity contribution >= 4 is 34.8 Å². The lowest BCUT2D eigenvalue weighted by atomic mass is 9.91. The first-order valence-corrected chi connectivity index (χ1v) is 14.7. The van der Waals surface area contributed by atoms with Gasteiger partial charge in [0.1, 0.15) is 0 Å². The van der Waals surface area contributed by atoms with Gasteiger partial charge in [0.05, 0.1) is 42.4 Å². The second-order valence-corrected chi connectivity index (χ2v) is 11.6. The quantitative estimate of drug-likeness (QED) is 0.391. The number of benzene rings is 1. The van der Waals surface area contributed by atoms with Gasteiger partial charge in [-0.1, -0.05) is 49.9 Å². The maximum Gasteiger partial charge on any atom is 0.338 e. The number of hydrogen-bond acceptors (Lipinski definition) is 8. The van der Waals surface area contributed by atoms with Crippen LogP contribution in [-0.2, 0) is 23.9 Å². The van der Waals surface area contributed by atoms with E-state index in [9.17, 15) is 14.4 Å². The van der Waals surface area contributed by atoms with Crippen LogP contribution in [0.25, 0.3) is 0 Å². The number of likely N-dealkylation sites (tertiary alicyclic amines) is 1. The first-order chi connectivity index (χ1) is 18.6. The molecule has 39 heavy (non-hydrogen) atoms. The lowest BCUT2D eigenvalue weighted by Crippen LogP contribution is -2.44. The molecule has 9 heteroatoms. The predicted molar refractivity (Wildman–Crippen MR) is 153 cm³/mol. The van der Waals surface area contributed by atoms with Gasteiger partial charge in [-0.05, 0) is 63.0 Å². The van der Waals surface area contributed by atoms with E-state index in [1.54, 1.807) is 11.8 Å². The van der Waals surface area contributed by atoms with Crippen LogP contribution in [0.3, 0.4) is 0 Å². The predicted octanol–water partition coefficient (Wildman–Crippen LogP) is 5.53. The summed E-state index contributed by atoms with van der Waals surface area (Å²) < 4.78 is 10.9. The molecule has 0 aliphatic carbocycles. The highest BCUT2D eigenvalue weighted by Crippen LogP contribution is 2.45. The molecule has 2 unspecified atom stereocenters. The fourth-order valence-corrected chi connectivity index (χ4v) is 6.17. The van der Waals surface area contributed by atoms with Gasteiger partial charge in [0, 0.05) is 18.8 Å². The Balaban J connectivity index is 1.62. The molecule has 0 N–H and O–H groups in total. The van der Waals surface area contributed by atoms with Crippen LogP contribution in [0, 0.1) is 5.92 Å². The maximum atomic E-state index is 13.5. The molecule has 1 aromatic carbocycles. The number of piperidine rings is 1. The summed E-state index contributed by atoms with van der Waals surface area (Å²) in [4.78, 5) is 47.7. The molecule has 0 saturated carbocycles. The van der Waals surface area contributed by atoms with Gasteiger partial charge in [0.15, 0.2) is 5.17 Å². The van der Waals surface area contributed by atoms with Crippen molar-refractivity contribution in [2.24, 2.45) is 10.9 Å². The Morgan fingerprint density at radius 1 is 1.13 bits per heavy atom. The maximum absolute atomic E-state index is 13.5. The van der Waals surface area contributed by atoms with Crippen molar-refractivity contribution in [3.8, 4) is 0 Å². The third-order valence-corrected chi connectivity index (χ3v) is 8.10. The third kappa shape index (κ3) is 6.40. The van der Waals surface area contributed by atoms with Crippen molar-refractivity contribution in [3.05, 3.63) is 57.8 Å². The number of rotatable bonds is 8. The fraction of sp³-hybridized carbons (Fsp3) is 0.533. The summed E-state index contributed by atoms with van der Waals surface area (Å²) in [6.07, 6.45) is 1.36. The number of allylic oxidation sites excluding steroid dienone is 1. The molecule has 3 heterocycles. The molecule has 3 aliphatic rings. The summed E-state index contributed by atoms with van der Waals surface area (Å²) >= 11 is 1.46. The number of nitrogens with zero attached hydrogens (tertiary/aromatic N) is 3. The molecular weight excluding hydrogens is 514 g/mol. The van der Waals surface area contributed by atoms with E-state index in [0.29, 0.717) is 36.9 Å². The van der Waals surface area contributed by atoms with Crippen LogP contribution < -0.4 is 0 Å². The Kier molecular flexibility index (Phi) is 9.20. The van der Waals surface area contributed by atoms with Gasteiger partial charge in [-0.25, -0.2) is 9.79 Å². The van der Waals surface area contributed by atoms with Gasteiger partial charge in [-0.2, -0.15) is 0 Å². The van der Waals surface area contributed by atoms with Crippen molar-refractivity contribution in [1.29, 1.82) is 0 Å². The zero-order valence-electron chi connectivity index (χ0n) is 23.7. The molecule has 1 aromatic rings. The monoisotopic (exact) mass is 553 g/mol. The summed E-state index contributed by atoms with van der Waals surface area (Å²) in [7, 11) is 0. The van der Waals surface area contributed by atoms with E-state index >= 15 is 0 Å². The lowest BCUT2D eigenvalue weighted by Gasteiger charge is -2.37. The SMILES string of the molecule is CCOC(=O)C1CCCN(C(=O)CC2=CSC3=NC(C)=C(C(=O)OC(C)C)C(c4ccc(C(C)C)cc4)N23)C1. The zero-order chi connectivity index (χ0) is 28.3. The van der Waals surface area contributed by atoms with Crippen molar-refractivity contribution in [3.63, 3.8) is 0 Å². The summed E-state index contributed by atoms with van der Waals surface area (Å²) in [5.74, 6) is -0.613. The second-order valence-electron chi connectivity index (χ2n) is 10.8. The number of ether oxygens (including phenoxy) is 2. The van der Waals surface area contributed by atoms with Crippen LogP contribution in [0.2, 0.25) is 0 Å². The number of aliphatic imine (C=N–C) groups is 1. The van der Waals surface area contributed by atoms with E-state index in [2.05, 4.69) is 38.1 Å². The molecule has 3 aliphatic heterocycles. The number of hydrogen-bond donors (Lipinski definition) is 0. The number of amides is 1. The molecular formula is C30H39N3O5S. The number of amidine groups is 1. The summed E-state index contributed by atoms with van der Waals surface area (Å²) in [6, 6.07) is 7.82. The Labute approximate surface area is 235 Å². The Bertz CT molecular complexity index is 1200. The van der Waals surface area contributed by atoms with Crippen LogP contribution in [0.5, 0.6) is 0 Å². The van der Waals surface area contributed by atoms with E-state index < -0.39 is 12.0 Å². The minimum Gasteiger partial charge on any atom is -0.466 e. The van der Waals surface area contributed by atoms with Gasteiger partial charge in [-0.15, -0.1) is 0 Å². The minimum absolute atomic E-state index is 0.0522. The molecule has 0 spiro atoms. The largest absolute Gasteiger partial charge is 0.466 e. The van der Waals surface area contributed by atoms with Crippen molar-refractivity contribution in [2.75, 3.05) is 19.7 Å². The number of esters is 2. The number of carbonyl (C=O) groups excluding carboxylic acids is 3. The van der Waals surface area contributed by atoms with E-state index in [0.717, 1.165) is 29.3 Å². The standard InChI is InChI=1S/C30H39N3O5S/c1-7-37-28(35)23-9-8-14-32(16-23)25(34)15-24-17-39-30-31-20(6)26(29(36)38-19(4)5)27(33(24)30)22-12-10-21(11-13-22)18(2)3/h10-13,17-19,23,27H,7-9,14-16H2,1-6H3. The highest BCUT2D eigenvalue weighted by Gasteiger charge is 2.42. The second kappa shape index (κ2) is 12.4. The highest BCUT2D eigenvalue weighted by atomic mass is 32.2. The van der Waals surface area contributed by atoms with Crippen LogP contribution in [0.15, 0.2) is 51.6 Å². The number of fused-ring (bicyclic) bond motifs is 1. The van der Waals surface area contributed by atoms with Crippen molar-refractivity contribution in [2.45, 2.75) is 78.9 Å². The van der Waals surface area contributed by atoms with E-state index in [1.165, 1.54) is 17.3 Å². The Hall–Kier alpha value is -3.07. The molecule has 1 saturated heterocycles. The fourth-order valence-electron chi connectivity index (χ4n) is 5.21. The topological polar surface area (TPSA) is 88.5 Å². The van der Waals surface area contributed by atoms with Crippen LogP contribution in [-0.4, -0.2) is 58.6 Å². The van der Waals surface area contributed by atoms with Crippen LogP contribution >= 0.6 is 11.8 Å². The molecule has 0 aromatic heterocycles. The van der Waals surface area contributed by atoms with Gasteiger partial charge >= 0.3 is 11.9 Å². The average Bonchev–Trinajstić information content (AvgIpc) is 3.29. The average molecular weight is 554 g/mol. The summed E-state index contributed by atoms with van der Waals surface area (Å²) in [5, 5.41) is 2.68. The van der Waals surface area contributed by atoms with Crippen LogP contribution in [0.1, 0.15) is 83.9 Å². The molecule has 1 fully saturated rings. The summed E-state index contributed by atoms with van der Waals surface area (Å²) in [6.45, 7) is 12.9. The molecule has 8 nitrogen and oxygen atoms in total. The first kappa shape index (κ1) is 28.9. The third-order valence-electron chi connectivity index (χ3n) is 7.21. The van der Waals surface area contributed by atoms with E-state index in [-0.39, 0.29) is 30.3 Å². The number of thioether (sulfide) groups is 1. The normalized spacial score (nSPS) is 21.1. The van der Waals surface area contributed by atoms with Gasteiger partial charge in [0.25, 0.3) is 0 Å². The van der Waals surface area contributed by atoms with Crippen molar-refractivity contribution in [1.82, 2.24) is 9.80 Å². The smallest absolute Gasteiger partial charge is 0.338 e. The van der Waals surface area contributed by atoms with Crippen LogP contribution in [0.4, 0.5) is 0 Å². The van der Waals surface area contributed by atoms with E-state index in [1.807, 2.05) is 31.1 Å². The Morgan fingerprint density at radius 3 is 2.49 bits per heavy atom. The lowest BCUT2D eigenvalue weighted by molar-refractivity contribution is -0.151. The number of carbonyl (C=O) groups is 3. The molecule has 1 amide bonds. The van der Waals surface area contributed by atoms with E-state index in [4.69, 9.17) is 14.5 Å². The minimum atomic E-state index is -0.465. The molecule has 4 rings (SSSR count). The molecule has 210 valence electrons. The van der Waals surface area contributed by atoms with Gasteiger partial charge < -0.3 is 19.3 Å². The summed E-state index contributed by atoms with van der Waals surface area (Å²) in [5.41, 5.74) is 4.02. The Morgan fingerprint density at radius 2 is 1.85 bits per heavy atom. The van der Waals surface area contributed by atoms with Crippen molar-refractivity contribution < 1.29 is 23.9 Å². The van der Waals surface area contributed by atoms with Gasteiger partial charge in [-0.3, -0.25) is 9.59 Å². The highest BCUT2D eigenvalue weighted by molar-refractivity contribution is 8.16.